The molecule has 1 N–H and O–H groups in total. The summed E-state index contributed by atoms with van der Waals surface area (Å²) in [5.41, 5.74) is 2.20. The van der Waals surface area contributed by atoms with Crippen molar-refractivity contribution in [1.29, 1.82) is 0 Å². The van der Waals surface area contributed by atoms with Gasteiger partial charge in [-0.15, -0.1) is 0 Å². The van der Waals surface area contributed by atoms with E-state index in [1.165, 1.54) is 6.92 Å². The molecule has 1 aliphatic rings. The van der Waals surface area contributed by atoms with Crippen molar-refractivity contribution in [2.75, 3.05) is 5.32 Å². The summed E-state index contributed by atoms with van der Waals surface area (Å²) < 4.78 is 5.85. The lowest BCUT2D eigenvalue weighted by molar-refractivity contribution is -0.119. The number of benzene rings is 3. The second-order valence-corrected chi connectivity index (χ2v) is 7.08. The summed E-state index contributed by atoms with van der Waals surface area (Å²) >= 11 is 0. The van der Waals surface area contributed by atoms with Gasteiger partial charge in [-0.2, -0.15) is 0 Å². The molecule has 1 heterocycles. The number of nitrogens with zero attached hydrogens (tertiary/aromatic N) is 1. The first-order valence-electron chi connectivity index (χ1n) is 9.57. The number of aryl methyl sites for hydroxylation is 1. The van der Waals surface area contributed by atoms with E-state index >= 15 is 0 Å². The summed E-state index contributed by atoms with van der Waals surface area (Å²) in [5.74, 6) is 0.0294. The predicted molar refractivity (Wildman–Crippen MR) is 113 cm³/mol. The molecule has 0 fully saturated rings. The van der Waals surface area contributed by atoms with E-state index in [-0.39, 0.29) is 0 Å². The number of imide groups is 1. The molecule has 150 valence electrons. The summed E-state index contributed by atoms with van der Waals surface area (Å²) in [6.45, 7) is 3.50. The average Bonchev–Trinajstić information content (AvgIpc) is 3.01. The highest BCUT2D eigenvalue weighted by molar-refractivity contribution is 6.23. The Labute approximate surface area is 174 Å². The lowest BCUT2D eigenvalue weighted by atomic mass is 10.1. The first kappa shape index (κ1) is 19.4. The van der Waals surface area contributed by atoms with Gasteiger partial charge in [0.25, 0.3) is 11.8 Å². The van der Waals surface area contributed by atoms with Gasteiger partial charge in [-0.1, -0.05) is 30.3 Å². The third-order valence-electron chi connectivity index (χ3n) is 5.04. The number of hydrogen-bond donors (Lipinski definition) is 1. The Morgan fingerprint density at radius 1 is 0.867 bits per heavy atom. The Morgan fingerprint density at radius 2 is 1.43 bits per heavy atom. The lowest BCUT2D eigenvalue weighted by Gasteiger charge is -2.21. The van der Waals surface area contributed by atoms with Crippen LogP contribution in [0, 0.1) is 6.92 Å². The Hall–Kier alpha value is -3.93. The van der Waals surface area contributed by atoms with E-state index in [0.29, 0.717) is 22.6 Å². The molecule has 3 aromatic rings. The fraction of sp³-hybridized carbons (Fsp3) is 0.125. The van der Waals surface area contributed by atoms with Crippen LogP contribution in [0.15, 0.2) is 72.8 Å². The fourth-order valence-corrected chi connectivity index (χ4v) is 3.33. The predicted octanol–water partition coefficient (Wildman–Crippen LogP) is 4.41. The highest BCUT2D eigenvalue weighted by Gasteiger charge is 2.40. The van der Waals surface area contributed by atoms with Gasteiger partial charge in [0.1, 0.15) is 17.5 Å². The second-order valence-electron chi connectivity index (χ2n) is 7.08. The maximum absolute atomic E-state index is 12.7. The Balaban J connectivity index is 1.43. The largest absolute Gasteiger partial charge is 0.457 e. The monoisotopic (exact) mass is 400 g/mol. The van der Waals surface area contributed by atoms with Crippen LogP contribution in [0.1, 0.15) is 33.2 Å². The van der Waals surface area contributed by atoms with E-state index in [4.69, 9.17) is 4.74 Å². The van der Waals surface area contributed by atoms with Crippen LogP contribution >= 0.6 is 0 Å². The summed E-state index contributed by atoms with van der Waals surface area (Å²) in [6.07, 6.45) is 0. The molecule has 6 heteroatoms. The molecule has 6 nitrogen and oxygen atoms in total. The molecule has 0 aromatic heterocycles. The van der Waals surface area contributed by atoms with Crippen molar-refractivity contribution in [1.82, 2.24) is 4.90 Å². The number of carbonyl (C=O) groups excluding carboxylic acids is 3. The topological polar surface area (TPSA) is 75.7 Å². The molecule has 1 aliphatic heterocycles. The number of anilines is 1. The highest BCUT2D eigenvalue weighted by atomic mass is 16.5. The number of carbonyl (C=O) groups is 3. The second kappa shape index (κ2) is 7.83. The number of rotatable bonds is 5. The third-order valence-corrected chi connectivity index (χ3v) is 5.04. The van der Waals surface area contributed by atoms with Crippen molar-refractivity contribution < 1.29 is 19.1 Å². The van der Waals surface area contributed by atoms with Crippen LogP contribution in [0.3, 0.4) is 0 Å². The lowest BCUT2D eigenvalue weighted by Crippen LogP contribution is -2.45. The van der Waals surface area contributed by atoms with Crippen LogP contribution < -0.4 is 10.1 Å². The summed E-state index contributed by atoms with van der Waals surface area (Å²) in [5, 5.41) is 2.75. The Bertz CT molecular complexity index is 1100. The van der Waals surface area contributed by atoms with E-state index in [0.717, 1.165) is 16.2 Å². The van der Waals surface area contributed by atoms with Gasteiger partial charge in [0.15, 0.2) is 0 Å². The van der Waals surface area contributed by atoms with Crippen LogP contribution in [-0.2, 0) is 4.79 Å². The van der Waals surface area contributed by atoms with Crippen LogP contribution in [0.25, 0.3) is 0 Å². The van der Waals surface area contributed by atoms with Gasteiger partial charge >= 0.3 is 0 Å². The molecule has 4 rings (SSSR count). The third kappa shape index (κ3) is 3.55. The minimum Gasteiger partial charge on any atom is -0.457 e. The molecule has 3 aromatic carbocycles. The van der Waals surface area contributed by atoms with Gasteiger partial charge in [-0.05, 0) is 61.9 Å². The standard InChI is InChI=1S/C24H20N2O4/c1-15-7-3-6-10-21(15)30-18-13-11-17(12-14-18)25-22(27)16(2)26-23(28)19-8-4-5-9-20(19)24(26)29/h3-14,16H,1-2H3,(H,25,27). The van der Waals surface area contributed by atoms with Gasteiger partial charge in [0, 0.05) is 5.69 Å². The molecular weight excluding hydrogens is 380 g/mol. The molecule has 3 amide bonds. The van der Waals surface area contributed by atoms with Crippen molar-refractivity contribution in [3.05, 3.63) is 89.5 Å². The van der Waals surface area contributed by atoms with Crippen molar-refractivity contribution in [2.45, 2.75) is 19.9 Å². The summed E-state index contributed by atoms with van der Waals surface area (Å²) in [7, 11) is 0. The van der Waals surface area contributed by atoms with Crippen LogP contribution in [-0.4, -0.2) is 28.7 Å². The van der Waals surface area contributed by atoms with E-state index in [9.17, 15) is 14.4 Å². The number of amides is 3. The Morgan fingerprint density at radius 3 is 2.03 bits per heavy atom. The molecule has 0 saturated heterocycles. The summed E-state index contributed by atoms with van der Waals surface area (Å²) in [4.78, 5) is 38.8. The van der Waals surface area contributed by atoms with Crippen LogP contribution in [0.4, 0.5) is 5.69 Å². The van der Waals surface area contributed by atoms with E-state index in [1.54, 1.807) is 48.5 Å². The number of para-hydroxylation sites is 1. The van der Waals surface area contributed by atoms with E-state index < -0.39 is 23.8 Å². The number of ether oxygens (including phenoxy) is 1. The first-order chi connectivity index (χ1) is 14.5. The first-order valence-corrected chi connectivity index (χ1v) is 9.57. The Kier molecular flexibility index (Phi) is 5.06. The zero-order chi connectivity index (χ0) is 21.3. The number of fused-ring (bicyclic) bond motifs is 1. The van der Waals surface area contributed by atoms with E-state index in [2.05, 4.69) is 5.32 Å². The minimum absolute atomic E-state index is 0.319. The minimum atomic E-state index is -0.944. The normalized spacial score (nSPS) is 13.7. The van der Waals surface area contributed by atoms with Gasteiger partial charge in [-0.3, -0.25) is 19.3 Å². The molecule has 0 radical (unpaired) electrons. The molecule has 1 unspecified atom stereocenters. The zero-order valence-corrected chi connectivity index (χ0v) is 16.6. The van der Waals surface area contributed by atoms with Gasteiger partial charge < -0.3 is 10.1 Å². The van der Waals surface area contributed by atoms with Crippen LogP contribution in [0.2, 0.25) is 0 Å². The molecule has 0 spiro atoms. The van der Waals surface area contributed by atoms with Gasteiger partial charge in [0.2, 0.25) is 5.91 Å². The quantitative estimate of drug-likeness (QED) is 0.644. The van der Waals surface area contributed by atoms with Crippen molar-refractivity contribution in [3.8, 4) is 11.5 Å². The zero-order valence-electron chi connectivity index (χ0n) is 16.6. The van der Waals surface area contributed by atoms with Gasteiger partial charge in [0.05, 0.1) is 11.1 Å². The molecule has 0 aliphatic carbocycles. The number of nitrogens with one attached hydrogen (secondary N) is 1. The average molecular weight is 400 g/mol. The summed E-state index contributed by atoms with van der Waals surface area (Å²) in [6, 6.07) is 20.2. The highest BCUT2D eigenvalue weighted by Crippen LogP contribution is 2.27. The smallest absolute Gasteiger partial charge is 0.262 e. The SMILES string of the molecule is Cc1ccccc1Oc1ccc(NC(=O)C(C)N2C(=O)c3ccccc3C2=O)cc1. The number of hydrogen-bond acceptors (Lipinski definition) is 4. The maximum atomic E-state index is 12.7. The fourth-order valence-electron chi connectivity index (χ4n) is 3.33. The molecule has 0 saturated carbocycles. The molecular formula is C24H20N2O4. The van der Waals surface area contributed by atoms with Crippen LogP contribution in [0.5, 0.6) is 11.5 Å². The van der Waals surface area contributed by atoms with E-state index in [1.807, 2.05) is 31.2 Å². The van der Waals surface area contributed by atoms with Crippen molar-refractivity contribution >= 4 is 23.4 Å². The molecule has 1 atom stereocenters. The maximum Gasteiger partial charge on any atom is 0.262 e. The van der Waals surface area contributed by atoms with Crippen molar-refractivity contribution in [3.63, 3.8) is 0 Å². The van der Waals surface area contributed by atoms with Gasteiger partial charge in [-0.25, -0.2) is 0 Å². The molecule has 0 bridgehead atoms. The molecule has 30 heavy (non-hydrogen) atoms. The van der Waals surface area contributed by atoms with Crippen molar-refractivity contribution in [2.24, 2.45) is 0 Å².